The maximum Gasteiger partial charge on any atom is 0.339 e. The lowest BCUT2D eigenvalue weighted by molar-refractivity contribution is -0.144. The number of carbonyl (C=O) groups excluding carboxylic acids is 5. The number of hydrogen-bond acceptors (Lipinski definition) is 11. The number of nitrogens with two attached hydrogens (primary N) is 1. The van der Waals surface area contributed by atoms with Crippen molar-refractivity contribution in [1.29, 1.82) is 0 Å². The second-order valence-electron chi connectivity index (χ2n) is 6.84. The summed E-state index contributed by atoms with van der Waals surface area (Å²) < 4.78 is 20.4. The molecule has 1 aliphatic heterocycles. The van der Waals surface area contributed by atoms with Crippen LogP contribution in [0.15, 0.2) is 6.07 Å². The van der Waals surface area contributed by atoms with Gasteiger partial charge >= 0.3 is 23.9 Å². The first-order valence-electron chi connectivity index (χ1n) is 9.47. The minimum absolute atomic E-state index is 0.00110. The molecule has 0 unspecified atom stereocenters. The van der Waals surface area contributed by atoms with Crippen LogP contribution in [0.2, 0.25) is 0 Å². The molecule has 11 nitrogen and oxygen atoms in total. The molecule has 0 aliphatic carbocycles. The summed E-state index contributed by atoms with van der Waals surface area (Å²) in [5.74, 6) is -3.31. The Hall–Kier alpha value is -3.12. The van der Waals surface area contributed by atoms with Gasteiger partial charge < -0.3 is 30.0 Å². The van der Waals surface area contributed by atoms with E-state index >= 15 is 0 Å². The zero-order chi connectivity index (χ0) is 24.0. The lowest BCUT2D eigenvalue weighted by Gasteiger charge is -2.23. The molecule has 12 heteroatoms. The predicted octanol–water partition coefficient (Wildman–Crippen LogP) is 0.234. The van der Waals surface area contributed by atoms with Gasteiger partial charge in [-0.25, -0.2) is 9.59 Å². The summed E-state index contributed by atoms with van der Waals surface area (Å²) in [4.78, 5) is 60.4. The van der Waals surface area contributed by atoms with Crippen molar-refractivity contribution < 1.29 is 42.9 Å². The highest BCUT2D eigenvalue weighted by Gasteiger charge is 2.30. The minimum atomic E-state index is -1.25. The molecular formula is C20H24N2O9S. The molecule has 2 rings (SSSR count). The van der Waals surface area contributed by atoms with Gasteiger partial charge in [-0.2, -0.15) is 11.8 Å². The number of carbonyl (C=O) groups is 5. The molecule has 1 amide bonds. The summed E-state index contributed by atoms with van der Waals surface area (Å²) in [5, 5.41) is 2.47. The third-order valence-electron chi connectivity index (χ3n) is 4.38. The SMILES string of the molecule is COC(=O)[C@@H]1CSCc2c(OC(C)=O)cc(OC(C)=O)c(C)c2C(=O)OC[C@H](N)C(=O)N1. The van der Waals surface area contributed by atoms with E-state index < -0.39 is 48.5 Å². The van der Waals surface area contributed by atoms with Crippen molar-refractivity contribution in [3.8, 4) is 11.5 Å². The third kappa shape index (κ3) is 6.20. The number of rotatable bonds is 3. The van der Waals surface area contributed by atoms with Crippen LogP contribution in [0.5, 0.6) is 11.5 Å². The maximum absolute atomic E-state index is 12.9. The second-order valence-corrected chi connectivity index (χ2v) is 7.87. The lowest BCUT2D eigenvalue weighted by atomic mass is 10.0. The largest absolute Gasteiger partial charge is 0.467 e. The first-order valence-corrected chi connectivity index (χ1v) is 10.6. The Morgan fingerprint density at radius 2 is 1.78 bits per heavy atom. The molecule has 174 valence electrons. The van der Waals surface area contributed by atoms with Crippen LogP contribution in [0.4, 0.5) is 0 Å². The zero-order valence-corrected chi connectivity index (χ0v) is 18.8. The molecule has 0 saturated heterocycles. The molecule has 0 spiro atoms. The van der Waals surface area contributed by atoms with Crippen LogP contribution in [0.3, 0.4) is 0 Å². The van der Waals surface area contributed by atoms with Crippen molar-refractivity contribution in [2.75, 3.05) is 19.5 Å². The van der Waals surface area contributed by atoms with Crippen LogP contribution < -0.4 is 20.5 Å². The van der Waals surface area contributed by atoms with Crippen molar-refractivity contribution in [1.82, 2.24) is 5.32 Å². The number of amides is 1. The molecule has 0 radical (unpaired) electrons. The molecule has 0 bridgehead atoms. The molecule has 32 heavy (non-hydrogen) atoms. The molecule has 0 fully saturated rings. The summed E-state index contributed by atoms with van der Waals surface area (Å²) >= 11 is 1.17. The van der Waals surface area contributed by atoms with E-state index in [4.69, 9.17) is 24.7 Å². The number of fused-ring (bicyclic) bond motifs is 1. The topological polar surface area (TPSA) is 160 Å². The molecule has 1 aromatic carbocycles. The van der Waals surface area contributed by atoms with E-state index in [2.05, 4.69) is 5.32 Å². The lowest BCUT2D eigenvalue weighted by Crippen LogP contribution is -2.51. The van der Waals surface area contributed by atoms with E-state index in [1.807, 2.05) is 0 Å². The summed E-state index contributed by atoms with van der Waals surface area (Å²) in [6, 6.07) is -0.910. The van der Waals surface area contributed by atoms with E-state index in [0.29, 0.717) is 5.56 Å². The van der Waals surface area contributed by atoms with Gasteiger partial charge in [-0.3, -0.25) is 14.4 Å². The van der Waals surface area contributed by atoms with Gasteiger partial charge in [0.2, 0.25) is 5.91 Å². The van der Waals surface area contributed by atoms with Crippen molar-refractivity contribution >= 4 is 41.5 Å². The van der Waals surface area contributed by atoms with E-state index in [1.54, 1.807) is 0 Å². The van der Waals surface area contributed by atoms with Crippen LogP contribution >= 0.6 is 11.8 Å². The van der Waals surface area contributed by atoms with Crippen molar-refractivity contribution in [3.63, 3.8) is 0 Å². The zero-order valence-electron chi connectivity index (χ0n) is 18.0. The second kappa shape index (κ2) is 11.0. The van der Waals surface area contributed by atoms with E-state index in [0.717, 1.165) is 0 Å². The first kappa shape index (κ1) is 25.1. The quantitative estimate of drug-likeness (QED) is 0.462. The van der Waals surface area contributed by atoms with E-state index in [-0.39, 0.29) is 34.1 Å². The van der Waals surface area contributed by atoms with Crippen LogP contribution in [-0.4, -0.2) is 61.3 Å². The summed E-state index contributed by atoms with van der Waals surface area (Å²) in [7, 11) is 1.19. The number of thioether (sulfide) groups is 1. The third-order valence-corrected chi connectivity index (χ3v) is 5.44. The molecule has 0 saturated carbocycles. The average molecular weight is 468 g/mol. The fourth-order valence-corrected chi connectivity index (χ4v) is 3.96. The number of benzene rings is 1. The minimum Gasteiger partial charge on any atom is -0.467 e. The normalized spacial score (nSPS) is 19.3. The Bertz CT molecular complexity index is 947. The molecular weight excluding hydrogens is 444 g/mol. The molecule has 0 aromatic heterocycles. The summed E-state index contributed by atoms with van der Waals surface area (Å²) in [5.41, 5.74) is 6.37. The average Bonchev–Trinajstić information content (AvgIpc) is 2.71. The highest BCUT2D eigenvalue weighted by molar-refractivity contribution is 7.98. The fraction of sp³-hybridized carbons (Fsp3) is 0.450. The van der Waals surface area contributed by atoms with Crippen molar-refractivity contribution in [3.05, 3.63) is 22.8 Å². The van der Waals surface area contributed by atoms with Gasteiger partial charge in [-0.1, -0.05) is 0 Å². The highest BCUT2D eigenvalue weighted by Crippen LogP contribution is 2.37. The number of hydrogen-bond donors (Lipinski definition) is 2. The summed E-state index contributed by atoms with van der Waals surface area (Å²) in [6.45, 7) is 3.42. The molecule has 2 atom stereocenters. The van der Waals surface area contributed by atoms with Gasteiger partial charge in [0.15, 0.2) is 0 Å². The van der Waals surface area contributed by atoms with Crippen LogP contribution in [0, 0.1) is 6.92 Å². The highest BCUT2D eigenvalue weighted by atomic mass is 32.2. The van der Waals surface area contributed by atoms with Gasteiger partial charge in [0.25, 0.3) is 0 Å². The van der Waals surface area contributed by atoms with Crippen molar-refractivity contribution in [2.45, 2.75) is 38.6 Å². The molecule has 1 heterocycles. The maximum atomic E-state index is 12.9. The predicted molar refractivity (Wildman–Crippen MR) is 112 cm³/mol. The monoisotopic (exact) mass is 468 g/mol. The van der Waals surface area contributed by atoms with Crippen molar-refractivity contribution in [2.24, 2.45) is 5.73 Å². The number of esters is 4. The Kier molecular flexibility index (Phi) is 8.61. The van der Waals surface area contributed by atoms with Gasteiger partial charge in [0.1, 0.15) is 30.2 Å². The van der Waals surface area contributed by atoms with Crippen LogP contribution in [0.1, 0.15) is 35.3 Å². The number of cyclic esters (lactones) is 1. The first-order chi connectivity index (χ1) is 15.0. The van der Waals surface area contributed by atoms with E-state index in [9.17, 15) is 24.0 Å². The summed E-state index contributed by atoms with van der Waals surface area (Å²) in [6.07, 6.45) is 0. The Morgan fingerprint density at radius 1 is 1.16 bits per heavy atom. The standard InChI is InChI=1S/C20H24N2O9S/c1-9-15(30-10(2)23)5-16(31-11(3)24)12-7-32-8-14(19(26)28-4)22-18(25)13(21)6-29-20(27)17(9)12/h5,13-14H,6-8,21H2,1-4H3,(H,22,25)/t13-,14-/m0/s1. The van der Waals surface area contributed by atoms with E-state index in [1.165, 1.54) is 45.7 Å². The Labute approximate surface area is 188 Å². The molecule has 1 aromatic rings. The fourth-order valence-electron chi connectivity index (χ4n) is 2.90. The number of ether oxygens (including phenoxy) is 4. The van der Waals surface area contributed by atoms with Crippen LogP contribution in [-0.2, 0) is 34.4 Å². The Balaban J connectivity index is 2.59. The van der Waals surface area contributed by atoms with Gasteiger partial charge in [0.05, 0.1) is 12.7 Å². The van der Waals surface area contributed by atoms with Gasteiger partial charge in [-0.05, 0) is 6.92 Å². The molecule has 3 N–H and O–H groups in total. The van der Waals surface area contributed by atoms with Gasteiger partial charge in [-0.15, -0.1) is 0 Å². The number of nitrogens with one attached hydrogen (secondary N) is 1. The smallest absolute Gasteiger partial charge is 0.339 e. The Morgan fingerprint density at radius 3 is 2.38 bits per heavy atom. The number of methoxy groups -OCH3 is 1. The van der Waals surface area contributed by atoms with Crippen LogP contribution in [0.25, 0.3) is 0 Å². The van der Waals surface area contributed by atoms with Gasteiger partial charge in [0, 0.05) is 42.5 Å². The molecule has 1 aliphatic rings.